The third-order valence-electron chi connectivity index (χ3n) is 4.87. The van der Waals surface area contributed by atoms with E-state index in [-0.39, 0.29) is 18.5 Å². The van der Waals surface area contributed by atoms with Crippen molar-refractivity contribution in [3.8, 4) is 0 Å². The van der Waals surface area contributed by atoms with Crippen LogP contribution in [-0.2, 0) is 14.8 Å². The molecular formula is C21H27ClN2O3S. The molecule has 7 heteroatoms. The van der Waals surface area contributed by atoms with E-state index in [9.17, 15) is 13.2 Å². The SMILES string of the molecule is CCC(NC(=O)CN(c1cccc(Cl)c1C)S(C)(=O)=O)c1ccc(C)c(C)c1. The van der Waals surface area contributed by atoms with Gasteiger partial charge >= 0.3 is 0 Å². The quantitative estimate of drug-likeness (QED) is 0.723. The Morgan fingerprint density at radius 1 is 1.14 bits per heavy atom. The van der Waals surface area contributed by atoms with Crippen molar-refractivity contribution >= 4 is 33.2 Å². The highest BCUT2D eigenvalue weighted by Crippen LogP contribution is 2.28. The smallest absolute Gasteiger partial charge is 0.241 e. The molecule has 0 saturated carbocycles. The molecular weight excluding hydrogens is 396 g/mol. The summed E-state index contributed by atoms with van der Waals surface area (Å²) < 4.78 is 25.8. The average molecular weight is 423 g/mol. The minimum atomic E-state index is -3.66. The summed E-state index contributed by atoms with van der Waals surface area (Å²) in [6.45, 7) is 7.48. The van der Waals surface area contributed by atoms with Crippen molar-refractivity contribution < 1.29 is 13.2 Å². The molecule has 152 valence electrons. The number of halogens is 1. The number of nitrogens with one attached hydrogen (secondary N) is 1. The topological polar surface area (TPSA) is 66.5 Å². The van der Waals surface area contributed by atoms with Gasteiger partial charge in [0.2, 0.25) is 15.9 Å². The summed E-state index contributed by atoms with van der Waals surface area (Å²) >= 11 is 6.14. The van der Waals surface area contributed by atoms with Crippen LogP contribution in [0.15, 0.2) is 36.4 Å². The van der Waals surface area contributed by atoms with Gasteiger partial charge in [-0.25, -0.2) is 8.42 Å². The Hall–Kier alpha value is -2.05. The first-order valence-electron chi connectivity index (χ1n) is 9.14. The van der Waals surface area contributed by atoms with Gasteiger partial charge in [-0.2, -0.15) is 0 Å². The molecule has 0 aliphatic heterocycles. The molecule has 2 aromatic carbocycles. The van der Waals surface area contributed by atoms with E-state index in [1.54, 1.807) is 25.1 Å². The number of nitrogens with zero attached hydrogens (tertiary/aromatic N) is 1. The first-order chi connectivity index (χ1) is 13.0. The fourth-order valence-corrected chi connectivity index (χ4v) is 4.10. The number of aryl methyl sites for hydroxylation is 2. The molecule has 0 spiro atoms. The second-order valence-corrected chi connectivity index (χ2v) is 9.34. The molecule has 5 nitrogen and oxygen atoms in total. The second-order valence-electron chi connectivity index (χ2n) is 7.03. The molecule has 2 rings (SSSR count). The number of amides is 1. The van der Waals surface area contributed by atoms with Crippen LogP contribution in [0.2, 0.25) is 5.02 Å². The monoisotopic (exact) mass is 422 g/mol. The normalized spacial score (nSPS) is 12.5. The highest BCUT2D eigenvalue weighted by atomic mass is 35.5. The second kappa shape index (κ2) is 8.97. The van der Waals surface area contributed by atoms with Gasteiger partial charge in [-0.1, -0.05) is 42.8 Å². The molecule has 2 aromatic rings. The molecule has 1 unspecified atom stereocenters. The number of benzene rings is 2. The molecule has 0 fully saturated rings. The van der Waals surface area contributed by atoms with Crippen LogP contribution < -0.4 is 9.62 Å². The highest BCUT2D eigenvalue weighted by Gasteiger charge is 2.24. The van der Waals surface area contributed by atoms with Gasteiger partial charge in [0.25, 0.3) is 0 Å². The van der Waals surface area contributed by atoms with E-state index < -0.39 is 10.0 Å². The maximum atomic E-state index is 12.7. The summed E-state index contributed by atoms with van der Waals surface area (Å²) in [4.78, 5) is 12.7. The molecule has 28 heavy (non-hydrogen) atoms. The van der Waals surface area contributed by atoms with E-state index in [2.05, 4.69) is 11.4 Å². The lowest BCUT2D eigenvalue weighted by atomic mass is 9.99. The molecule has 1 N–H and O–H groups in total. The average Bonchev–Trinajstić information content (AvgIpc) is 2.62. The molecule has 1 amide bonds. The van der Waals surface area contributed by atoms with Gasteiger partial charge in [-0.15, -0.1) is 0 Å². The summed E-state index contributed by atoms with van der Waals surface area (Å²) in [5.41, 5.74) is 4.36. The van der Waals surface area contributed by atoms with E-state index in [1.165, 1.54) is 5.56 Å². The van der Waals surface area contributed by atoms with Crippen molar-refractivity contribution in [2.75, 3.05) is 17.1 Å². The standard InChI is InChI=1S/C21H27ClN2O3S/c1-6-19(17-11-10-14(2)15(3)12-17)23-21(25)13-24(28(5,26)27)20-9-7-8-18(22)16(20)4/h7-12,19H,6,13H2,1-5H3,(H,23,25). The van der Waals surface area contributed by atoms with Gasteiger partial charge in [0.05, 0.1) is 18.0 Å². The fraction of sp³-hybridized carbons (Fsp3) is 0.381. The van der Waals surface area contributed by atoms with Crippen LogP contribution in [0, 0.1) is 20.8 Å². The fourth-order valence-electron chi connectivity index (χ4n) is 3.02. The lowest BCUT2D eigenvalue weighted by Crippen LogP contribution is -2.41. The largest absolute Gasteiger partial charge is 0.348 e. The Balaban J connectivity index is 2.26. The highest BCUT2D eigenvalue weighted by molar-refractivity contribution is 7.92. The predicted octanol–water partition coefficient (Wildman–Crippen LogP) is 4.30. The summed E-state index contributed by atoms with van der Waals surface area (Å²) in [7, 11) is -3.66. The molecule has 0 radical (unpaired) electrons. The van der Waals surface area contributed by atoms with Crippen LogP contribution in [0.5, 0.6) is 0 Å². The number of hydrogen-bond acceptors (Lipinski definition) is 3. The van der Waals surface area contributed by atoms with E-state index in [0.29, 0.717) is 22.7 Å². The maximum absolute atomic E-state index is 12.7. The molecule has 1 atom stereocenters. The zero-order valence-electron chi connectivity index (χ0n) is 16.9. The van der Waals surface area contributed by atoms with Gasteiger partial charge in [-0.05, 0) is 61.6 Å². The number of carbonyl (C=O) groups is 1. The van der Waals surface area contributed by atoms with Gasteiger partial charge in [0.15, 0.2) is 0 Å². The van der Waals surface area contributed by atoms with Gasteiger partial charge in [0.1, 0.15) is 6.54 Å². The van der Waals surface area contributed by atoms with Gasteiger partial charge < -0.3 is 5.32 Å². The molecule has 0 aliphatic carbocycles. The Morgan fingerprint density at radius 3 is 2.39 bits per heavy atom. The Bertz CT molecular complexity index is 974. The number of hydrogen-bond donors (Lipinski definition) is 1. The molecule has 0 bridgehead atoms. The van der Waals surface area contributed by atoms with Crippen molar-refractivity contribution in [1.82, 2.24) is 5.32 Å². The Morgan fingerprint density at radius 2 is 1.82 bits per heavy atom. The van der Waals surface area contributed by atoms with E-state index in [4.69, 9.17) is 11.6 Å². The maximum Gasteiger partial charge on any atom is 0.241 e. The van der Waals surface area contributed by atoms with Crippen LogP contribution in [0.4, 0.5) is 5.69 Å². The van der Waals surface area contributed by atoms with Crippen LogP contribution in [0.3, 0.4) is 0 Å². The summed E-state index contributed by atoms with van der Waals surface area (Å²) in [5.74, 6) is -0.366. The zero-order valence-corrected chi connectivity index (χ0v) is 18.5. The number of rotatable bonds is 7. The minimum absolute atomic E-state index is 0.186. The van der Waals surface area contributed by atoms with Crippen molar-refractivity contribution in [2.45, 2.75) is 40.2 Å². The van der Waals surface area contributed by atoms with Gasteiger partial charge in [0, 0.05) is 5.02 Å². The first-order valence-corrected chi connectivity index (χ1v) is 11.4. The lowest BCUT2D eigenvalue weighted by molar-refractivity contribution is -0.120. The molecule has 0 heterocycles. The van der Waals surface area contributed by atoms with Crippen molar-refractivity contribution in [2.24, 2.45) is 0 Å². The van der Waals surface area contributed by atoms with Crippen molar-refractivity contribution in [3.05, 3.63) is 63.7 Å². The lowest BCUT2D eigenvalue weighted by Gasteiger charge is -2.26. The zero-order chi connectivity index (χ0) is 21.1. The summed E-state index contributed by atoms with van der Waals surface area (Å²) in [5, 5.41) is 3.41. The third-order valence-corrected chi connectivity index (χ3v) is 6.41. The van der Waals surface area contributed by atoms with E-state index in [0.717, 1.165) is 21.7 Å². The molecule has 0 aromatic heterocycles. The van der Waals surface area contributed by atoms with E-state index >= 15 is 0 Å². The van der Waals surface area contributed by atoms with Crippen molar-refractivity contribution in [1.29, 1.82) is 0 Å². The van der Waals surface area contributed by atoms with Crippen LogP contribution in [-0.4, -0.2) is 27.1 Å². The van der Waals surface area contributed by atoms with Crippen LogP contribution in [0.25, 0.3) is 0 Å². The third kappa shape index (κ3) is 5.26. The number of sulfonamides is 1. The summed E-state index contributed by atoms with van der Waals surface area (Å²) in [6.07, 6.45) is 1.78. The predicted molar refractivity (Wildman–Crippen MR) is 115 cm³/mol. The van der Waals surface area contributed by atoms with E-state index in [1.807, 2.05) is 32.9 Å². The van der Waals surface area contributed by atoms with Crippen LogP contribution >= 0.6 is 11.6 Å². The Labute approximate surface area is 172 Å². The minimum Gasteiger partial charge on any atom is -0.348 e. The number of carbonyl (C=O) groups excluding carboxylic acids is 1. The van der Waals surface area contributed by atoms with Crippen LogP contribution in [0.1, 0.15) is 41.6 Å². The first kappa shape index (κ1) is 22.2. The number of anilines is 1. The van der Waals surface area contributed by atoms with Crippen molar-refractivity contribution in [3.63, 3.8) is 0 Å². The molecule has 0 saturated heterocycles. The summed E-state index contributed by atoms with van der Waals surface area (Å²) in [6, 6.07) is 10.9. The molecule has 0 aliphatic rings. The van der Waals surface area contributed by atoms with Gasteiger partial charge in [-0.3, -0.25) is 9.10 Å². The Kier molecular flexibility index (Phi) is 7.12.